The Morgan fingerprint density at radius 1 is 1.11 bits per heavy atom. The summed E-state index contributed by atoms with van der Waals surface area (Å²) in [4.78, 5) is 7.47. The molecule has 1 aliphatic carbocycles. The Kier molecular flexibility index (Phi) is 7.10. The highest BCUT2D eigenvalue weighted by Gasteiger charge is 2.28. The average molecular weight is 376 g/mol. The Morgan fingerprint density at radius 3 is 2.41 bits per heavy atom. The fraction of sp³-hybridized carbons (Fsp3) is 0.850. The topological polar surface area (TPSA) is 70.4 Å². The third-order valence-corrected chi connectivity index (χ3v) is 6.28. The number of aryl methyl sites for hydroxylation is 1. The van der Waals surface area contributed by atoms with E-state index >= 15 is 0 Å². The smallest absolute Gasteiger partial charge is 0.191 e. The lowest BCUT2D eigenvalue weighted by atomic mass is 9.88. The molecule has 152 valence electrons. The van der Waals surface area contributed by atoms with Crippen LogP contribution in [0.3, 0.4) is 0 Å². The molecule has 0 atom stereocenters. The number of guanidine groups is 1. The summed E-state index contributed by atoms with van der Waals surface area (Å²) >= 11 is 0. The number of aromatic nitrogens is 3. The van der Waals surface area contributed by atoms with Crippen molar-refractivity contribution in [3.05, 3.63) is 11.6 Å². The van der Waals surface area contributed by atoms with Gasteiger partial charge in [0.2, 0.25) is 0 Å². The monoisotopic (exact) mass is 375 g/mol. The molecule has 0 bridgehead atoms. The van der Waals surface area contributed by atoms with E-state index in [0.717, 1.165) is 36.1 Å². The SMILES string of the molecule is CCNC(=NCc1nnc(C)n1C)NC1CCC(N2CCC(C)CC2)CC1. The molecule has 2 N–H and O–H groups in total. The number of aliphatic imine (C=N–C) groups is 1. The molecular formula is C20H37N7. The molecule has 0 aromatic carbocycles. The lowest BCUT2D eigenvalue weighted by Gasteiger charge is -2.40. The summed E-state index contributed by atoms with van der Waals surface area (Å²) < 4.78 is 2.00. The molecule has 2 heterocycles. The van der Waals surface area contributed by atoms with E-state index in [4.69, 9.17) is 4.99 Å². The van der Waals surface area contributed by atoms with Crippen LogP contribution in [0.4, 0.5) is 0 Å². The van der Waals surface area contributed by atoms with Gasteiger partial charge in [0.05, 0.1) is 0 Å². The molecule has 3 rings (SSSR count). The second kappa shape index (κ2) is 9.53. The number of rotatable bonds is 5. The van der Waals surface area contributed by atoms with Crippen molar-refractivity contribution in [2.24, 2.45) is 18.0 Å². The predicted molar refractivity (Wildman–Crippen MR) is 110 cm³/mol. The molecule has 1 saturated heterocycles. The first-order chi connectivity index (χ1) is 13.1. The maximum Gasteiger partial charge on any atom is 0.191 e. The van der Waals surface area contributed by atoms with Gasteiger partial charge in [0.25, 0.3) is 0 Å². The van der Waals surface area contributed by atoms with Gasteiger partial charge in [0.15, 0.2) is 11.8 Å². The van der Waals surface area contributed by atoms with Gasteiger partial charge in [0.1, 0.15) is 12.4 Å². The molecule has 1 saturated carbocycles. The van der Waals surface area contributed by atoms with Crippen molar-refractivity contribution in [1.82, 2.24) is 30.3 Å². The minimum absolute atomic E-state index is 0.518. The van der Waals surface area contributed by atoms with Crippen LogP contribution >= 0.6 is 0 Å². The normalized spacial score (nSPS) is 25.6. The van der Waals surface area contributed by atoms with Crippen LogP contribution in [-0.2, 0) is 13.6 Å². The van der Waals surface area contributed by atoms with Crippen molar-refractivity contribution in [3.63, 3.8) is 0 Å². The average Bonchev–Trinajstić information content (AvgIpc) is 3.00. The molecule has 7 nitrogen and oxygen atoms in total. The van der Waals surface area contributed by atoms with Gasteiger partial charge >= 0.3 is 0 Å². The standard InChI is InChI=1S/C20H37N7/c1-5-21-20(22-14-19-25-24-16(3)26(19)4)23-17-6-8-18(9-7-17)27-12-10-15(2)11-13-27/h15,17-18H,5-14H2,1-4H3,(H2,21,22,23). The summed E-state index contributed by atoms with van der Waals surface area (Å²) in [5.41, 5.74) is 0. The maximum atomic E-state index is 4.73. The third-order valence-electron chi connectivity index (χ3n) is 6.28. The van der Waals surface area contributed by atoms with Crippen LogP contribution in [0.2, 0.25) is 0 Å². The molecule has 0 unspecified atom stereocenters. The zero-order chi connectivity index (χ0) is 19.2. The van der Waals surface area contributed by atoms with Crippen LogP contribution in [0.25, 0.3) is 0 Å². The number of likely N-dealkylation sites (tertiary alicyclic amines) is 1. The molecule has 27 heavy (non-hydrogen) atoms. The van der Waals surface area contributed by atoms with Gasteiger partial charge in [-0.1, -0.05) is 6.92 Å². The molecule has 7 heteroatoms. The highest BCUT2D eigenvalue weighted by Crippen LogP contribution is 2.27. The summed E-state index contributed by atoms with van der Waals surface area (Å²) in [6.07, 6.45) is 7.80. The van der Waals surface area contributed by atoms with Crippen molar-refractivity contribution in [1.29, 1.82) is 0 Å². The van der Waals surface area contributed by atoms with Crippen LogP contribution in [-0.4, -0.2) is 57.3 Å². The first-order valence-corrected chi connectivity index (χ1v) is 10.7. The molecule has 0 spiro atoms. The Hall–Kier alpha value is -1.63. The number of hydrogen-bond acceptors (Lipinski definition) is 4. The van der Waals surface area contributed by atoms with E-state index in [0.29, 0.717) is 12.6 Å². The fourth-order valence-corrected chi connectivity index (χ4v) is 4.23. The third kappa shape index (κ3) is 5.43. The van der Waals surface area contributed by atoms with Gasteiger partial charge in [0, 0.05) is 25.7 Å². The zero-order valence-electron chi connectivity index (χ0n) is 17.5. The van der Waals surface area contributed by atoms with E-state index in [1.807, 2.05) is 18.5 Å². The summed E-state index contributed by atoms with van der Waals surface area (Å²) in [6.45, 7) is 10.5. The Bertz CT molecular complexity index is 608. The van der Waals surface area contributed by atoms with E-state index in [2.05, 4.69) is 39.6 Å². The molecule has 0 radical (unpaired) electrons. The van der Waals surface area contributed by atoms with Crippen LogP contribution < -0.4 is 10.6 Å². The Labute approximate surface area is 164 Å². The van der Waals surface area contributed by atoms with Crippen LogP contribution in [0, 0.1) is 12.8 Å². The molecule has 1 aromatic rings. The minimum atomic E-state index is 0.518. The van der Waals surface area contributed by atoms with Gasteiger partial charge in [-0.25, -0.2) is 4.99 Å². The van der Waals surface area contributed by atoms with E-state index in [1.165, 1.54) is 51.6 Å². The molecular weight excluding hydrogens is 338 g/mol. The minimum Gasteiger partial charge on any atom is -0.357 e. The van der Waals surface area contributed by atoms with Gasteiger partial charge < -0.3 is 20.1 Å². The van der Waals surface area contributed by atoms with E-state index < -0.39 is 0 Å². The second-order valence-electron chi connectivity index (χ2n) is 8.29. The quantitative estimate of drug-likeness (QED) is 0.610. The highest BCUT2D eigenvalue weighted by molar-refractivity contribution is 5.80. The van der Waals surface area contributed by atoms with Crippen molar-refractivity contribution < 1.29 is 0 Å². The summed E-state index contributed by atoms with van der Waals surface area (Å²) in [6, 6.07) is 1.31. The lowest BCUT2D eigenvalue weighted by molar-refractivity contribution is 0.105. The van der Waals surface area contributed by atoms with Crippen molar-refractivity contribution >= 4 is 5.96 Å². The molecule has 2 aliphatic rings. The van der Waals surface area contributed by atoms with Crippen LogP contribution in [0.5, 0.6) is 0 Å². The highest BCUT2D eigenvalue weighted by atomic mass is 15.3. The Morgan fingerprint density at radius 2 is 1.81 bits per heavy atom. The fourth-order valence-electron chi connectivity index (χ4n) is 4.23. The molecule has 1 aromatic heterocycles. The Balaban J connectivity index is 1.49. The number of hydrogen-bond donors (Lipinski definition) is 2. The lowest BCUT2D eigenvalue weighted by Crippen LogP contribution is -2.48. The van der Waals surface area contributed by atoms with E-state index in [-0.39, 0.29) is 0 Å². The van der Waals surface area contributed by atoms with Crippen LogP contribution in [0.1, 0.15) is 64.0 Å². The van der Waals surface area contributed by atoms with Crippen LogP contribution in [0.15, 0.2) is 4.99 Å². The molecule has 2 fully saturated rings. The van der Waals surface area contributed by atoms with Crippen molar-refractivity contribution in [2.45, 2.75) is 77.9 Å². The number of nitrogens with one attached hydrogen (secondary N) is 2. The van der Waals surface area contributed by atoms with E-state index in [1.54, 1.807) is 0 Å². The first kappa shape index (κ1) is 20.1. The second-order valence-corrected chi connectivity index (χ2v) is 8.29. The number of nitrogens with zero attached hydrogens (tertiary/aromatic N) is 5. The first-order valence-electron chi connectivity index (χ1n) is 10.7. The van der Waals surface area contributed by atoms with Gasteiger partial charge in [-0.3, -0.25) is 0 Å². The number of piperidine rings is 1. The summed E-state index contributed by atoms with van der Waals surface area (Å²) in [5.74, 6) is 3.63. The molecule has 1 aliphatic heterocycles. The van der Waals surface area contributed by atoms with E-state index in [9.17, 15) is 0 Å². The predicted octanol–water partition coefficient (Wildman–Crippen LogP) is 2.22. The largest absolute Gasteiger partial charge is 0.357 e. The maximum absolute atomic E-state index is 4.73. The van der Waals surface area contributed by atoms with Gasteiger partial charge in [-0.2, -0.15) is 0 Å². The zero-order valence-corrected chi connectivity index (χ0v) is 17.5. The van der Waals surface area contributed by atoms with Crippen molar-refractivity contribution in [2.75, 3.05) is 19.6 Å². The summed E-state index contributed by atoms with van der Waals surface area (Å²) in [5, 5.41) is 15.3. The van der Waals surface area contributed by atoms with Crippen molar-refractivity contribution in [3.8, 4) is 0 Å². The van der Waals surface area contributed by atoms with Gasteiger partial charge in [-0.05, 0) is 71.4 Å². The molecule has 0 amide bonds. The van der Waals surface area contributed by atoms with Gasteiger partial charge in [-0.15, -0.1) is 10.2 Å². The summed E-state index contributed by atoms with van der Waals surface area (Å²) in [7, 11) is 1.99.